The highest BCUT2D eigenvalue weighted by Crippen LogP contribution is 2.41. The van der Waals surface area contributed by atoms with Gasteiger partial charge < -0.3 is 13.9 Å². The quantitative estimate of drug-likeness (QED) is 0.186. The van der Waals surface area contributed by atoms with Crippen LogP contribution in [0.5, 0.6) is 0 Å². The van der Waals surface area contributed by atoms with E-state index in [2.05, 4.69) is 88.0 Å². The van der Waals surface area contributed by atoms with E-state index in [1.54, 1.807) is 0 Å². The summed E-state index contributed by atoms with van der Waals surface area (Å²) in [5.74, 6) is 2.61. The minimum absolute atomic E-state index is 0.695. The van der Waals surface area contributed by atoms with E-state index in [-0.39, 0.29) is 0 Å². The Hall–Kier alpha value is -4.09. The minimum Gasteiger partial charge on any atom is -0.379 e. The van der Waals surface area contributed by atoms with Gasteiger partial charge >= 0.3 is 0 Å². The molecule has 10 heteroatoms. The fraction of sp³-hybridized carbons (Fsp3) is 0.543. The fourth-order valence-corrected chi connectivity index (χ4v) is 11.7. The van der Waals surface area contributed by atoms with E-state index in [1.807, 2.05) is 12.4 Å². The summed E-state index contributed by atoms with van der Waals surface area (Å²) in [6.45, 7) is 7.06. The van der Waals surface area contributed by atoms with Gasteiger partial charge in [-0.2, -0.15) is 0 Å². The van der Waals surface area contributed by atoms with Gasteiger partial charge in [-0.3, -0.25) is 19.3 Å². The first kappa shape index (κ1) is 34.0. The van der Waals surface area contributed by atoms with E-state index in [0.717, 1.165) is 105 Å². The zero-order valence-electron chi connectivity index (χ0n) is 32.7. The predicted octanol–water partition coefficient (Wildman–Crippen LogP) is 7.13. The summed E-state index contributed by atoms with van der Waals surface area (Å²) in [5.41, 5.74) is 9.64. The Labute approximate surface area is 329 Å². The van der Waals surface area contributed by atoms with Gasteiger partial charge in [0.15, 0.2) is 0 Å². The highest BCUT2D eigenvalue weighted by Gasteiger charge is 2.44. The third-order valence-corrected chi connectivity index (χ3v) is 14.9. The van der Waals surface area contributed by atoms with Crippen molar-refractivity contribution in [2.45, 2.75) is 133 Å². The average Bonchev–Trinajstić information content (AvgIpc) is 3.97. The molecular formula is C46H55N9O. The summed E-state index contributed by atoms with van der Waals surface area (Å²) in [5, 5.41) is 0. The highest BCUT2D eigenvalue weighted by atomic mass is 16.5. The maximum Gasteiger partial charge on any atom is 0.111 e. The molecule has 0 amide bonds. The SMILES string of the molecule is c1cc2c(cc1CN1CCOCC1)nc1n2CC2CCC(C1)N2C1CCC1.c1ccc2c(c1)ncn2-c1ccc2c(c1)nc1n2CC2CCC(C1)N2C1CCC1. The molecular weight excluding hydrogens is 695 g/mol. The van der Waals surface area contributed by atoms with Gasteiger partial charge in [-0.15, -0.1) is 0 Å². The largest absolute Gasteiger partial charge is 0.379 e. The molecule has 3 aromatic heterocycles. The molecule has 56 heavy (non-hydrogen) atoms. The normalized spacial score (nSPS) is 27.1. The molecule has 5 aliphatic heterocycles. The molecule has 2 saturated carbocycles. The zero-order valence-corrected chi connectivity index (χ0v) is 32.7. The second kappa shape index (κ2) is 13.8. The Bertz CT molecular complexity index is 2400. The van der Waals surface area contributed by atoms with Crippen molar-refractivity contribution in [1.82, 2.24) is 43.4 Å². The van der Waals surface area contributed by atoms with Crippen molar-refractivity contribution < 1.29 is 4.74 Å². The van der Waals surface area contributed by atoms with Crippen LogP contribution in [0.1, 0.15) is 81.4 Å². The smallest absolute Gasteiger partial charge is 0.111 e. The number of morpholine rings is 1. The van der Waals surface area contributed by atoms with Crippen molar-refractivity contribution in [2.24, 2.45) is 0 Å². The lowest BCUT2D eigenvalue weighted by Crippen LogP contribution is -2.48. The first-order chi connectivity index (χ1) is 27.7. The molecule has 4 atom stereocenters. The summed E-state index contributed by atoms with van der Waals surface area (Å²) < 4.78 is 12.7. The molecule has 0 N–H and O–H groups in total. The molecule has 4 unspecified atom stereocenters. The van der Waals surface area contributed by atoms with Gasteiger partial charge in [0, 0.05) is 87.5 Å². The molecule has 3 aromatic carbocycles. The maximum absolute atomic E-state index is 5.48. The molecule has 6 aromatic rings. The Morgan fingerprint density at radius 3 is 1.82 bits per heavy atom. The van der Waals surface area contributed by atoms with Crippen LogP contribution in [0, 0.1) is 0 Å². The average molecular weight is 750 g/mol. The number of imidazole rings is 3. The summed E-state index contributed by atoms with van der Waals surface area (Å²) in [6, 6.07) is 26.5. The second-order valence-electron chi connectivity index (χ2n) is 18.0. The van der Waals surface area contributed by atoms with Crippen molar-refractivity contribution in [3.05, 3.63) is 84.2 Å². The van der Waals surface area contributed by atoms with Crippen LogP contribution in [-0.2, 0) is 37.2 Å². The predicted molar refractivity (Wildman–Crippen MR) is 220 cm³/mol. The van der Waals surface area contributed by atoms with Crippen LogP contribution in [0.25, 0.3) is 38.8 Å². The van der Waals surface area contributed by atoms with Crippen LogP contribution < -0.4 is 0 Å². The Morgan fingerprint density at radius 2 is 1.18 bits per heavy atom. The molecule has 2 aliphatic carbocycles. The lowest BCUT2D eigenvalue weighted by atomic mass is 9.90. The van der Waals surface area contributed by atoms with Gasteiger partial charge in [0.2, 0.25) is 0 Å². The molecule has 4 bridgehead atoms. The number of ether oxygens (including phenoxy) is 1. The molecule has 3 saturated heterocycles. The third-order valence-electron chi connectivity index (χ3n) is 14.9. The fourth-order valence-electron chi connectivity index (χ4n) is 11.7. The van der Waals surface area contributed by atoms with Crippen molar-refractivity contribution in [2.75, 3.05) is 26.3 Å². The van der Waals surface area contributed by atoms with Crippen LogP contribution in [0.4, 0.5) is 0 Å². The molecule has 0 radical (unpaired) electrons. The molecule has 8 heterocycles. The molecule has 10 nitrogen and oxygen atoms in total. The van der Waals surface area contributed by atoms with Gasteiger partial charge in [-0.1, -0.05) is 31.0 Å². The minimum atomic E-state index is 0.695. The van der Waals surface area contributed by atoms with Gasteiger partial charge in [0.25, 0.3) is 0 Å². The van der Waals surface area contributed by atoms with Gasteiger partial charge in [0.1, 0.15) is 18.0 Å². The number of rotatable bonds is 5. The van der Waals surface area contributed by atoms with Crippen LogP contribution in [-0.4, -0.2) is 106 Å². The van der Waals surface area contributed by atoms with E-state index in [1.165, 1.54) is 98.0 Å². The monoisotopic (exact) mass is 749 g/mol. The lowest BCUT2D eigenvalue weighted by molar-refractivity contribution is 0.0342. The maximum atomic E-state index is 5.48. The first-order valence-corrected chi connectivity index (χ1v) is 21.9. The van der Waals surface area contributed by atoms with Crippen LogP contribution in [0.15, 0.2) is 67.0 Å². The number of nitrogens with zero attached hydrogens (tertiary/aromatic N) is 9. The Balaban J connectivity index is 0.000000124. The number of para-hydroxylation sites is 2. The standard InChI is InChI=1S/C24H25N5.C22H30N4O/c1-2-7-22-20(6-1)25-15-28(22)17-10-11-23-21(12-17)26-24-13-18-8-9-19(14-27(23)24)29(18)16-4-3-5-16;1-2-17(3-1)26-18-5-6-19(26)15-25-21-7-4-16(12-20(21)23-22(25)13-18)14-24-8-10-27-11-9-24/h1-2,6-7,10-12,15-16,18-19H,3-5,8-9,13-14H2;4,7,12,17-19H,1-3,5-6,8-11,13-15H2. The van der Waals surface area contributed by atoms with E-state index >= 15 is 0 Å². The lowest BCUT2D eigenvalue weighted by Gasteiger charge is -2.41. The van der Waals surface area contributed by atoms with E-state index in [4.69, 9.17) is 14.7 Å². The zero-order chi connectivity index (χ0) is 36.7. The van der Waals surface area contributed by atoms with Crippen LogP contribution in [0.3, 0.4) is 0 Å². The molecule has 7 aliphatic rings. The number of fused-ring (bicyclic) bond motifs is 11. The molecule has 13 rings (SSSR count). The van der Waals surface area contributed by atoms with Gasteiger partial charge in [0.05, 0.1) is 46.3 Å². The Kier molecular flexibility index (Phi) is 8.37. The summed E-state index contributed by atoms with van der Waals surface area (Å²) in [7, 11) is 0. The van der Waals surface area contributed by atoms with Crippen LogP contribution >= 0.6 is 0 Å². The summed E-state index contributed by atoms with van der Waals surface area (Å²) >= 11 is 0. The third kappa shape index (κ3) is 5.77. The van der Waals surface area contributed by atoms with Gasteiger partial charge in [-0.05, 0) is 99.4 Å². The van der Waals surface area contributed by atoms with Gasteiger partial charge in [-0.25, -0.2) is 15.0 Å². The van der Waals surface area contributed by atoms with Crippen molar-refractivity contribution >= 4 is 33.1 Å². The number of hydrogen-bond acceptors (Lipinski definition) is 7. The summed E-state index contributed by atoms with van der Waals surface area (Å²) in [4.78, 5) is 23.0. The van der Waals surface area contributed by atoms with Crippen molar-refractivity contribution in [3.63, 3.8) is 0 Å². The second-order valence-corrected chi connectivity index (χ2v) is 18.0. The number of benzene rings is 3. The van der Waals surface area contributed by atoms with E-state index in [0.29, 0.717) is 12.1 Å². The first-order valence-electron chi connectivity index (χ1n) is 21.9. The van der Waals surface area contributed by atoms with E-state index < -0.39 is 0 Å². The molecule has 290 valence electrons. The molecule has 5 fully saturated rings. The van der Waals surface area contributed by atoms with E-state index in [9.17, 15) is 0 Å². The highest BCUT2D eigenvalue weighted by molar-refractivity contribution is 5.82. The van der Waals surface area contributed by atoms with Crippen molar-refractivity contribution in [3.8, 4) is 5.69 Å². The van der Waals surface area contributed by atoms with Crippen LogP contribution in [0.2, 0.25) is 0 Å². The Morgan fingerprint density at radius 1 is 0.571 bits per heavy atom. The summed E-state index contributed by atoms with van der Waals surface area (Å²) in [6.07, 6.45) is 18.1. The molecule has 0 spiro atoms. The number of aromatic nitrogens is 6. The van der Waals surface area contributed by atoms with Crippen molar-refractivity contribution in [1.29, 1.82) is 0 Å². The topological polar surface area (TPSA) is 72.4 Å². The number of hydrogen-bond donors (Lipinski definition) is 0.